The van der Waals surface area contributed by atoms with Crippen molar-refractivity contribution in [2.75, 3.05) is 7.11 Å². The molecule has 1 heterocycles. The number of nitro groups is 1. The van der Waals surface area contributed by atoms with E-state index in [0.717, 1.165) is 27.7 Å². The maximum absolute atomic E-state index is 10.8. The Kier molecular flexibility index (Phi) is 3.97. The van der Waals surface area contributed by atoms with Crippen LogP contribution in [0.1, 0.15) is 5.56 Å². The number of nitro benzene ring substituents is 1. The molecule has 0 atom stereocenters. The summed E-state index contributed by atoms with van der Waals surface area (Å²) in [7, 11) is 1.64. The van der Waals surface area contributed by atoms with Crippen molar-refractivity contribution in [1.29, 1.82) is 0 Å². The van der Waals surface area contributed by atoms with Gasteiger partial charge in [-0.3, -0.25) is 10.1 Å². The maximum Gasteiger partial charge on any atom is 0.271 e. The van der Waals surface area contributed by atoms with Gasteiger partial charge in [-0.2, -0.15) is 0 Å². The number of hydrogen-bond donors (Lipinski definition) is 1. The number of methoxy groups -OCH3 is 1. The fourth-order valence-corrected chi connectivity index (χ4v) is 2.90. The molecule has 0 saturated carbocycles. The summed E-state index contributed by atoms with van der Waals surface area (Å²) in [5.41, 5.74) is 2.57. The van der Waals surface area contributed by atoms with Crippen LogP contribution in [0.2, 0.25) is 0 Å². The van der Waals surface area contributed by atoms with Gasteiger partial charge in [0.2, 0.25) is 0 Å². The van der Waals surface area contributed by atoms with Gasteiger partial charge in [-0.05, 0) is 23.8 Å². The lowest BCUT2D eigenvalue weighted by Gasteiger charge is -2.02. The van der Waals surface area contributed by atoms with Crippen LogP contribution < -0.4 is 4.74 Å². The van der Waals surface area contributed by atoms with E-state index in [1.165, 1.54) is 12.1 Å². The zero-order chi connectivity index (χ0) is 15.5. The Balaban J connectivity index is 1.77. The van der Waals surface area contributed by atoms with Crippen LogP contribution in [0.5, 0.6) is 5.75 Å². The zero-order valence-corrected chi connectivity index (χ0v) is 12.6. The van der Waals surface area contributed by atoms with Gasteiger partial charge >= 0.3 is 0 Å². The van der Waals surface area contributed by atoms with Gasteiger partial charge in [0.05, 0.1) is 23.1 Å². The number of hydrogen-bond acceptors (Lipinski definition) is 5. The second kappa shape index (κ2) is 6.07. The van der Waals surface area contributed by atoms with Gasteiger partial charge < -0.3 is 9.72 Å². The minimum absolute atomic E-state index is 0.0560. The molecule has 3 aromatic rings. The third-order valence-corrected chi connectivity index (χ3v) is 4.11. The Hall–Kier alpha value is -2.54. The summed E-state index contributed by atoms with van der Waals surface area (Å²) in [4.78, 5) is 17.9. The molecule has 0 aliphatic carbocycles. The lowest BCUT2D eigenvalue weighted by atomic mass is 10.2. The van der Waals surface area contributed by atoms with Gasteiger partial charge in [-0.15, -0.1) is 0 Å². The van der Waals surface area contributed by atoms with Crippen LogP contribution in [-0.4, -0.2) is 22.0 Å². The molecule has 0 amide bonds. The molecule has 0 aliphatic rings. The Labute approximate surface area is 130 Å². The average molecular weight is 315 g/mol. The summed E-state index contributed by atoms with van der Waals surface area (Å²) in [5, 5.41) is 11.5. The number of benzene rings is 2. The number of rotatable bonds is 5. The lowest BCUT2D eigenvalue weighted by Crippen LogP contribution is -1.86. The summed E-state index contributed by atoms with van der Waals surface area (Å²) < 4.78 is 5.19. The van der Waals surface area contributed by atoms with Crippen molar-refractivity contribution in [1.82, 2.24) is 9.97 Å². The molecule has 22 heavy (non-hydrogen) atoms. The van der Waals surface area contributed by atoms with Crippen molar-refractivity contribution in [2.24, 2.45) is 0 Å². The number of nitrogens with zero attached hydrogens (tertiary/aromatic N) is 2. The summed E-state index contributed by atoms with van der Waals surface area (Å²) in [5.74, 6) is 1.55. The molecular weight excluding hydrogens is 302 g/mol. The highest BCUT2D eigenvalue weighted by atomic mass is 32.2. The summed E-state index contributed by atoms with van der Waals surface area (Å²) in [6.07, 6.45) is 0. The maximum atomic E-state index is 10.8. The van der Waals surface area contributed by atoms with Crippen molar-refractivity contribution < 1.29 is 9.66 Å². The van der Waals surface area contributed by atoms with E-state index in [1.807, 2.05) is 24.3 Å². The first-order valence-corrected chi connectivity index (χ1v) is 7.54. The first-order valence-electron chi connectivity index (χ1n) is 6.55. The van der Waals surface area contributed by atoms with Crippen molar-refractivity contribution in [3.8, 4) is 5.75 Å². The van der Waals surface area contributed by atoms with Crippen molar-refractivity contribution >= 4 is 28.5 Å². The third kappa shape index (κ3) is 3.04. The lowest BCUT2D eigenvalue weighted by molar-refractivity contribution is -0.384. The molecule has 2 aromatic carbocycles. The quantitative estimate of drug-likeness (QED) is 0.440. The Morgan fingerprint density at radius 1 is 1.32 bits per heavy atom. The summed E-state index contributed by atoms with van der Waals surface area (Å²) in [6.45, 7) is 0. The van der Waals surface area contributed by atoms with Crippen LogP contribution in [0.15, 0.2) is 47.6 Å². The molecule has 0 saturated heterocycles. The first-order chi connectivity index (χ1) is 10.7. The van der Waals surface area contributed by atoms with E-state index in [0.29, 0.717) is 5.52 Å². The number of ether oxygens (including phenoxy) is 1. The molecule has 1 aromatic heterocycles. The van der Waals surface area contributed by atoms with Crippen molar-refractivity contribution in [2.45, 2.75) is 10.9 Å². The van der Waals surface area contributed by atoms with E-state index < -0.39 is 4.92 Å². The van der Waals surface area contributed by atoms with E-state index in [9.17, 15) is 10.1 Å². The van der Waals surface area contributed by atoms with Crippen LogP contribution in [0.4, 0.5) is 5.69 Å². The predicted octanol–water partition coefficient (Wildman–Crippen LogP) is 3.77. The average Bonchev–Trinajstić information content (AvgIpc) is 2.95. The number of non-ortho nitro benzene ring substituents is 1. The smallest absolute Gasteiger partial charge is 0.271 e. The van der Waals surface area contributed by atoms with Crippen LogP contribution in [-0.2, 0) is 5.75 Å². The fraction of sp³-hybridized carbons (Fsp3) is 0.133. The molecule has 112 valence electrons. The SMILES string of the molecule is COc1cccc(CSc2nc3ccc([N+](=O)[O-])cc3[nH]2)c1. The number of aromatic amines is 1. The predicted molar refractivity (Wildman–Crippen MR) is 85.3 cm³/mol. The van der Waals surface area contributed by atoms with Crippen LogP contribution in [0.25, 0.3) is 11.0 Å². The van der Waals surface area contributed by atoms with Gasteiger partial charge in [0, 0.05) is 17.9 Å². The molecule has 6 nitrogen and oxygen atoms in total. The summed E-state index contributed by atoms with van der Waals surface area (Å²) >= 11 is 1.54. The van der Waals surface area contributed by atoms with E-state index in [1.54, 1.807) is 24.9 Å². The minimum Gasteiger partial charge on any atom is -0.497 e. The largest absolute Gasteiger partial charge is 0.497 e. The van der Waals surface area contributed by atoms with Gasteiger partial charge in [-0.1, -0.05) is 23.9 Å². The topological polar surface area (TPSA) is 81.1 Å². The Bertz CT molecular complexity index is 832. The highest BCUT2D eigenvalue weighted by Gasteiger charge is 2.10. The highest BCUT2D eigenvalue weighted by Crippen LogP contribution is 2.26. The van der Waals surface area contributed by atoms with E-state index in [-0.39, 0.29) is 5.69 Å². The molecule has 0 radical (unpaired) electrons. The van der Waals surface area contributed by atoms with E-state index >= 15 is 0 Å². The molecule has 0 unspecified atom stereocenters. The summed E-state index contributed by atoms with van der Waals surface area (Å²) in [6, 6.07) is 12.4. The van der Waals surface area contributed by atoms with Gasteiger partial charge in [0.15, 0.2) is 5.16 Å². The molecule has 0 aliphatic heterocycles. The van der Waals surface area contributed by atoms with E-state index in [4.69, 9.17) is 4.74 Å². The molecule has 7 heteroatoms. The molecule has 0 spiro atoms. The number of H-pyrrole nitrogens is 1. The fourth-order valence-electron chi connectivity index (χ4n) is 2.07. The van der Waals surface area contributed by atoms with Crippen molar-refractivity contribution in [3.05, 3.63) is 58.1 Å². The third-order valence-electron chi connectivity index (χ3n) is 3.16. The van der Waals surface area contributed by atoms with Crippen LogP contribution in [0.3, 0.4) is 0 Å². The first kappa shape index (κ1) is 14.4. The van der Waals surface area contributed by atoms with Crippen molar-refractivity contribution in [3.63, 3.8) is 0 Å². The number of fused-ring (bicyclic) bond motifs is 1. The normalized spacial score (nSPS) is 10.8. The van der Waals surface area contributed by atoms with Crippen LogP contribution >= 0.6 is 11.8 Å². The Morgan fingerprint density at radius 3 is 2.95 bits per heavy atom. The number of imidazole rings is 1. The molecule has 0 bridgehead atoms. The molecular formula is C15H13N3O3S. The number of nitrogens with one attached hydrogen (secondary N) is 1. The number of thioether (sulfide) groups is 1. The second-order valence-corrected chi connectivity index (χ2v) is 5.60. The zero-order valence-electron chi connectivity index (χ0n) is 11.8. The highest BCUT2D eigenvalue weighted by molar-refractivity contribution is 7.98. The standard InChI is InChI=1S/C15H13N3O3S/c1-21-12-4-2-3-10(7-12)9-22-15-16-13-6-5-11(18(19)20)8-14(13)17-15/h2-8H,9H2,1H3,(H,16,17). The minimum atomic E-state index is -0.413. The van der Waals surface area contributed by atoms with Gasteiger partial charge in [0.1, 0.15) is 5.75 Å². The van der Waals surface area contributed by atoms with E-state index in [2.05, 4.69) is 9.97 Å². The Morgan fingerprint density at radius 2 is 2.18 bits per heavy atom. The van der Waals surface area contributed by atoms with Gasteiger partial charge in [0.25, 0.3) is 5.69 Å². The molecule has 3 rings (SSSR count). The monoisotopic (exact) mass is 315 g/mol. The number of aromatic nitrogens is 2. The second-order valence-electron chi connectivity index (χ2n) is 4.64. The van der Waals surface area contributed by atoms with Crippen LogP contribution in [0, 0.1) is 10.1 Å². The molecule has 1 N–H and O–H groups in total. The molecule has 0 fully saturated rings. The van der Waals surface area contributed by atoms with Gasteiger partial charge in [-0.25, -0.2) is 4.98 Å².